The molecule has 0 bridgehead atoms. The van der Waals surface area contributed by atoms with Gasteiger partial charge in [0.1, 0.15) is 12.1 Å². The number of anilines is 1. The second kappa shape index (κ2) is 4.88. The first-order valence-electron chi connectivity index (χ1n) is 5.69. The fraction of sp³-hybridized carbons (Fsp3) is 0.308. The van der Waals surface area contributed by atoms with Crippen LogP contribution in [-0.2, 0) is 9.59 Å². The van der Waals surface area contributed by atoms with Crippen LogP contribution in [0.4, 0.5) is 5.69 Å². The van der Waals surface area contributed by atoms with Crippen molar-refractivity contribution in [2.45, 2.75) is 18.9 Å². The molecule has 1 heterocycles. The van der Waals surface area contributed by atoms with Crippen LogP contribution in [0.5, 0.6) is 0 Å². The highest BCUT2D eigenvalue weighted by atomic mass is 16.2. The molecule has 18 heavy (non-hydrogen) atoms. The molecule has 92 valence electrons. The van der Waals surface area contributed by atoms with Crippen LogP contribution in [0.25, 0.3) is 0 Å². The van der Waals surface area contributed by atoms with Gasteiger partial charge >= 0.3 is 0 Å². The molecule has 1 aromatic carbocycles. The topological polar surface area (TPSA) is 73.2 Å². The summed E-state index contributed by atoms with van der Waals surface area (Å²) in [7, 11) is 1.48. The van der Waals surface area contributed by atoms with Gasteiger partial charge in [0.2, 0.25) is 5.91 Å². The Bertz CT molecular complexity index is 533. The van der Waals surface area contributed by atoms with Gasteiger partial charge in [0.25, 0.3) is 5.91 Å². The van der Waals surface area contributed by atoms with E-state index in [4.69, 9.17) is 5.26 Å². The fourth-order valence-electron chi connectivity index (χ4n) is 1.94. The third kappa shape index (κ3) is 2.18. The zero-order chi connectivity index (χ0) is 13.1. The number of rotatable bonds is 2. The first-order valence-corrected chi connectivity index (χ1v) is 5.69. The van der Waals surface area contributed by atoms with Gasteiger partial charge in [0, 0.05) is 13.5 Å². The number of likely N-dealkylation sites (tertiary alicyclic amines) is 1. The number of para-hydroxylation sites is 1. The third-order valence-electron chi connectivity index (χ3n) is 3.03. The molecule has 1 aliphatic rings. The summed E-state index contributed by atoms with van der Waals surface area (Å²) in [5.41, 5.74) is 1.12. The lowest BCUT2D eigenvalue weighted by atomic mass is 10.0. The standard InChI is InChI=1S/C13H13N3O2/c1-16-12(17)7-6-11(13(16)18)15-10-5-3-2-4-9(10)8-14/h2-5,11,15H,6-7H2,1H3. The van der Waals surface area contributed by atoms with Gasteiger partial charge in [-0.25, -0.2) is 0 Å². The van der Waals surface area contributed by atoms with Gasteiger partial charge in [-0.2, -0.15) is 5.26 Å². The minimum absolute atomic E-state index is 0.161. The van der Waals surface area contributed by atoms with Crippen molar-refractivity contribution in [2.24, 2.45) is 0 Å². The molecule has 1 aliphatic heterocycles. The maximum Gasteiger partial charge on any atom is 0.251 e. The summed E-state index contributed by atoms with van der Waals surface area (Å²) in [5, 5.41) is 12.0. The van der Waals surface area contributed by atoms with E-state index in [1.165, 1.54) is 7.05 Å². The number of carbonyl (C=O) groups is 2. The van der Waals surface area contributed by atoms with Crippen molar-refractivity contribution in [1.82, 2.24) is 4.90 Å². The van der Waals surface area contributed by atoms with E-state index in [9.17, 15) is 9.59 Å². The van der Waals surface area contributed by atoms with Crippen molar-refractivity contribution in [3.63, 3.8) is 0 Å². The lowest BCUT2D eigenvalue weighted by Gasteiger charge is -2.29. The second-order valence-electron chi connectivity index (χ2n) is 4.18. The van der Waals surface area contributed by atoms with Crippen LogP contribution in [0.15, 0.2) is 24.3 Å². The highest BCUT2D eigenvalue weighted by molar-refractivity contribution is 6.01. The van der Waals surface area contributed by atoms with Crippen molar-refractivity contribution in [3.05, 3.63) is 29.8 Å². The Morgan fingerprint density at radius 1 is 1.39 bits per heavy atom. The van der Waals surface area contributed by atoms with E-state index in [-0.39, 0.29) is 11.8 Å². The largest absolute Gasteiger partial charge is 0.373 e. The fourth-order valence-corrected chi connectivity index (χ4v) is 1.94. The van der Waals surface area contributed by atoms with Gasteiger partial charge in [-0.15, -0.1) is 0 Å². The third-order valence-corrected chi connectivity index (χ3v) is 3.03. The summed E-state index contributed by atoms with van der Waals surface area (Å²) >= 11 is 0. The van der Waals surface area contributed by atoms with Gasteiger partial charge < -0.3 is 5.32 Å². The number of nitriles is 1. The molecule has 0 radical (unpaired) electrons. The van der Waals surface area contributed by atoms with Crippen LogP contribution in [0.1, 0.15) is 18.4 Å². The number of amides is 2. The van der Waals surface area contributed by atoms with Crippen molar-refractivity contribution in [2.75, 3.05) is 12.4 Å². The minimum Gasteiger partial charge on any atom is -0.373 e. The lowest BCUT2D eigenvalue weighted by molar-refractivity contribution is -0.146. The molecule has 1 fully saturated rings. The molecule has 0 saturated carbocycles. The number of likely N-dealkylation sites (N-methyl/N-ethyl adjacent to an activating group) is 1. The maximum atomic E-state index is 11.9. The van der Waals surface area contributed by atoms with Crippen LogP contribution < -0.4 is 5.32 Å². The molecule has 1 unspecified atom stereocenters. The summed E-state index contributed by atoms with van der Waals surface area (Å²) in [4.78, 5) is 24.4. The summed E-state index contributed by atoms with van der Waals surface area (Å²) in [5.74, 6) is -0.411. The van der Waals surface area contributed by atoms with Crippen molar-refractivity contribution >= 4 is 17.5 Å². The maximum absolute atomic E-state index is 11.9. The molecule has 5 nitrogen and oxygen atoms in total. The number of hydrogen-bond donors (Lipinski definition) is 1. The molecule has 1 N–H and O–H groups in total. The molecule has 1 atom stereocenters. The molecule has 5 heteroatoms. The van der Waals surface area contributed by atoms with Gasteiger partial charge in [0.05, 0.1) is 11.3 Å². The Labute approximate surface area is 105 Å². The smallest absolute Gasteiger partial charge is 0.251 e. The number of nitrogens with zero attached hydrogens (tertiary/aromatic N) is 2. The van der Waals surface area contributed by atoms with Gasteiger partial charge in [0.15, 0.2) is 0 Å². The summed E-state index contributed by atoms with van der Waals surface area (Å²) in [6, 6.07) is 8.62. The Balaban J connectivity index is 2.17. The first-order chi connectivity index (χ1) is 8.63. The predicted molar refractivity (Wildman–Crippen MR) is 65.6 cm³/mol. The number of piperidine rings is 1. The average Bonchev–Trinajstić information content (AvgIpc) is 2.40. The molecule has 1 saturated heterocycles. The van der Waals surface area contributed by atoms with Crippen LogP contribution in [0.3, 0.4) is 0 Å². The highest BCUT2D eigenvalue weighted by Crippen LogP contribution is 2.19. The van der Waals surface area contributed by atoms with E-state index in [0.29, 0.717) is 24.1 Å². The number of benzene rings is 1. The summed E-state index contributed by atoms with van der Waals surface area (Å²) in [6.45, 7) is 0. The van der Waals surface area contributed by atoms with Crippen LogP contribution >= 0.6 is 0 Å². The summed E-state index contributed by atoms with van der Waals surface area (Å²) < 4.78 is 0. The van der Waals surface area contributed by atoms with Gasteiger partial charge in [-0.1, -0.05) is 12.1 Å². The van der Waals surface area contributed by atoms with E-state index < -0.39 is 6.04 Å². The zero-order valence-corrected chi connectivity index (χ0v) is 10.0. The van der Waals surface area contributed by atoms with Crippen molar-refractivity contribution < 1.29 is 9.59 Å². The van der Waals surface area contributed by atoms with E-state index in [2.05, 4.69) is 11.4 Å². The van der Waals surface area contributed by atoms with Gasteiger partial charge in [-0.05, 0) is 18.6 Å². The average molecular weight is 243 g/mol. The predicted octanol–water partition coefficient (Wildman–Crippen LogP) is 1.12. The molecule has 0 aromatic heterocycles. The first kappa shape index (κ1) is 12.1. The Morgan fingerprint density at radius 3 is 2.83 bits per heavy atom. The Hall–Kier alpha value is -2.35. The van der Waals surface area contributed by atoms with E-state index in [1.54, 1.807) is 24.3 Å². The SMILES string of the molecule is CN1C(=O)CCC(Nc2ccccc2C#N)C1=O. The molecule has 1 aromatic rings. The number of carbonyl (C=O) groups excluding carboxylic acids is 2. The second-order valence-corrected chi connectivity index (χ2v) is 4.18. The van der Waals surface area contributed by atoms with Crippen LogP contribution in [0, 0.1) is 11.3 Å². The monoisotopic (exact) mass is 243 g/mol. The quantitative estimate of drug-likeness (QED) is 0.790. The minimum atomic E-state index is -0.442. The van der Waals surface area contributed by atoms with E-state index >= 15 is 0 Å². The normalized spacial score (nSPS) is 19.6. The molecule has 2 amide bonds. The van der Waals surface area contributed by atoms with Crippen LogP contribution in [0.2, 0.25) is 0 Å². The number of hydrogen-bond acceptors (Lipinski definition) is 4. The lowest BCUT2D eigenvalue weighted by Crippen LogP contribution is -2.48. The molecule has 0 spiro atoms. The van der Waals surface area contributed by atoms with Crippen LogP contribution in [-0.4, -0.2) is 29.8 Å². The number of imide groups is 1. The Kier molecular flexibility index (Phi) is 3.28. The zero-order valence-electron chi connectivity index (χ0n) is 10.0. The number of nitrogens with one attached hydrogen (secondary N) is 1. The van der Waals surface area contributed by atoms with E-state index in [1.807, 2.05) is 0 Å². The summed E-state index contributed by atoms with van der Waals surface area (Å²) in [6.07, 6.45) is 0.802. The molecular weight excluding hydrogens is 230 g/mol. The molecular formula is C13H13N3O2. The highest BCUT2D eigenvalue weighted by Gasteiger charge is 2.31. The van der Waals surface area contributed by atoms with Gasteiger partial charge in [-0.3, -0.25) is 14.5 Å². The Morgan fingerprint density at radius 2 is 2.11 bits per heavy atom. The molecule has 0 aliphatic carbocycles. The molecule has 2 rings (SSSR count). The van der Waals surface area contributed by atoms with Crippen molar-refractivity contribution in [3.8, 4) is 6.07 Å². The van der Waals surface area contributed by atoms with Crippen molar-refractivity contribution in [1.29, 1.82) is 5.26 Å². The van der Waals surface area contributed by atoms with E-state index in [0.717, 1.165) is 4.90 Å².